The zero-order valence-corrected chi connectivity index (χ0v) is 19.3. The van der Waals surface area contributed by atoms with Gasteiger partial charge in [0.25, 0.3) is 0 Å². The van der Waals surface area contributed by atoms with Crippen LogP contribution in [0.15, 0.2) is 42.6 Å². The van der Waals surface area contributed by atoms with Crippen LogP contribution in [0.5, 0.6) is 11.6 Å². The first-order valence-electron chi connectivity index (χ1n) is 11.3. The largest absolute Gasteiger partial charge is 0.491 e. The van der Waals surface area contributed by atoms with Crippen molar-refractivity contribution in [3.8, 4) is 22.8 Å². The zero-order chi connectivity index (χ0) is 23.5. The first-order valence-corrected chi connectivity index (χ1v) is 11.3. The molecule has 0 bridgehead atoms. The number of hydrogen-bond donors (Lipinski definition) is 2. The Labute approximate surface area is 193 Å². The molecule has 2 unspecified atom stereocenters. The summed E-state index contributed by atoms with van der Waals surface area (Å²) in [5.74, 6) is 1.44. The Kier molecular flexibility index (Phi) is 6.96. The maximum absolute atomic E-state index is 14.6. The standard InChI is InChI=1S/C27H30FNO4/c1-16-6-20-11-26(29-12-21(20)7-16)33-14-22-10-19(4-5-25(22)28)27-17(2)8-24(9-18(27)3)32-15-23(31)13-30/h4-5,8-12,16,23,30-31H,6-7,13-15H2,1-3H3. The fourth-order valence-electron chi connectivity index (χ4n) is 4.48. The lowest BCUT2D eigenvalue weighted by atomic mass is 9.94. The molecule has 0 aliphatic heterocycles. The molecule has 1 heterocycles. The predicted octanol–water partition coefficient (Wildman–Crippen LogP) is 4.55. The molecule has 0 saturated heterocycles. The van der Waals surface area contributed by atoms with Crippen molar-refractivity contribution in [3.63, 3.8) is 0 Å². The fraction of sp³-hybridized carbons (Fsp3) is 0.370. The summed E-state index contributed by atoms with van der Waals surface area (Å²) in [4.78, 5) is 4.39. The second-order valence-electron chi connectivity index (χ2n) is 8.98. The number of halogens is 1. The van der Waals surface area contributed by atoms with Crippen molar-refractivity contribution in [3.05, 3.63) is 76.2 Å². The van der Waals surface area contributed by atoms with Crippen LogP contribution in [0, 0.1) is 25.6 Å². The average molecular weight is 452 g/mol. The molecule has 2 N–H and O–H groups in total. The van der Waals surface area contributed by atoms with E-state index in [-0.39, 0.29) is 25.6 Å². The van der Waals surface area contributed by atoms with E-state index in [9.17, 15) is 9.50 Å². The summed E-state index contributed by atoms with van der Waals surface area (Å²) >= 11 is 0. The van der Waals surface area contributed by atoms with E-state index < -0.39 is 6.10 Å². The summed E-state index contributed by atoms with van der Waals surface area (Å²) in [6, 6.07) is 10.8. The van der Waals surface area contributed by atoms with Gasteiger partial charge in [-0.3, -0.25) is 0 Å². The number of aliphatic hydroxyl groups excluding tert-OH is 2. The lowest BCUT2D eigenvalue weighted by Crippen LogP contribution is -2.21. The van der Waals surface area contributed by atoms with Crippen LogP contribution in [0.1, 0.15) is 34.7 Å². The fourth-order valence-corrected chi connectivity index (χ4v) is 4.48. The molecule has 0 amide bonds. The van der Waals surface area contributed by atoms with Crippen molar-refractivity contribution in [2.45, 2.75) is 46.3 Å². The lowest BCUT2D eigenvalue weighted by molar-refractivity contribution is 0.0536. The Bertz CT molecular complexity index is 1120. The molecule has 5 nitrogen and oxygen atoms in total. The summed E-state index contributed by atoms with van der Waals surface area (Å²) in [6.45, 7) is 5.92. The SMILES string of the molecule is Cc1cc(OCC(O)CO)cc(C)c1-c1ccc(F)c(COc2cc3c(cn2)CC(C)C3)c1. The summed E-state index contributed by atoms with van der Waals surface area (Å²) in [5.41, 5.74) is 6.83. The molecule has 3 aromatic rings. The Hall–Kier alpha value is -2.96. The second-order valence-corrected chi connectivity index (χ2v) is 8.98. The van der Waals surface area contributed by atoms with Crippen molar-refractivity contribution in [1.29, 1.82) is 0 Å². The van der Waals surface area contributed by atoms with Crippen molar-refractivity contribution >= 4 is 0 Å². The summed E-state index contributed by atoms with van der Waals surface area (Å²) < 4.78 is 26.0. The molecule has 4 rings (SSSR count). The van der Waals surface area contributed by atoms with Crippen LogP contribution < -0.4 is 9.47 Å². The first-order chi connectivity index (χ1) is 15.8. The molecule has 0 spiro atoms. The van der Waals surface area contributed by atoms with Gasteiger partial charge in [0.15, 0.2) is 0 Å². The van der Waals surface area contributed by atoms with Gasteiger partial charge >= 0.3 is 0 Å². The number of aromatic nitrogens is 1. The number of hydrogen-bond acceptors (Lipinski definition) is 5. The summed E-state index contributed by atoms with van der Waals surface area (Å²) in [6.07, 6.45) is 3.02. The van der Waals surface area contributed by atoms with E-state index in [0.29, 0.717) is 23.1 Å². The van der Waals surface area contributed by atoms with Gasteiger partial charge in [-0.05, 0) is 90.3 Å². The number of ether oxygens (including phenoxy) is 2. The van der Waals surface area contributed by atoms with Crippen LogP contribution in [-0.4, -0.2) is 34.5 Å². The highest BCUT2D eigenvalue weighted by Crippen LogP contribution is 2.33. The molecular formula is C27H30FNO4. The summed E-state index contributed by atoms with van der Waals surface area (Å²) in [7, 11) is 0. The molecule has 1 aromatic heterocycles. The van der Waals surface area contributed by atoms with Crippen LogP contribution in [0.3, 0.4) is 0 Å². The van der Waals surface area contributed by atoms with Gasteiger partial charge < -0.3 is 19.7 Å². The van der Waals surface area contributed by atoms with Crippen LogP contribution in [-0.2, 0) is 19.4 Å². The molecule has 33 heavy (non-hydrogen) atoms. The molecule has 0 radical (unpaired) electrons. The third kappa shape index (κ3) is 5.34. The van der Waals surface area contributed by atoms with Gasteiger partial charge in [-0.15, -0.1) is 0 Å². The Balaban J connectivity index is 1.52. The maximum Gasteiger partial charge on any atom is 0.213 e. The molecule has 2 atom stereocenters. The number of fused-ring (bicyclic) bond motifs is 1. The van der Waals surface area contributed by atoms with Crippen LogP contribution >= 0.6 is 0 Å². The van der Waals surface area contributed by atoms with E-state index in [1.54, 1.807) is 6.07 Å². The lowest BCUT2D eigenvalue weighted by Gasteiger charge is -2.16. The second kappa shape index (κ2) is 9.89. The minimum Gasteiger partial charge on any atom is -0.491 e. The Morgan fingerprint density at radius 2 is 1.79 bits per heavy atom. The van der Waals surface area contributed by atoms with Gasteiger partial charge in [0, 0.05) is 17.8 Å². The molecule has 1 aliphatic rings. The van der Waals surface area contributed by atoms with Crippen LogP contribution in [0.4, 0.5) is 4.39 Å². The van der Waals surface area contributed by atoms with Crippen molar-refractivity contribution in [1.82, 2.24) is 4.98 Å². The minimum absolute atomic E-state index is 0.0163. The van der Waals surface area contributed by atoms with E-state index in [2.05, 4.69) is 11.9 Å². The van der Waals surface area contributed by atoms with Crippen LogP contribution in [0.2, 0.25) is 0 Å². The number of aryl methyl sites for hydroxylation is 2. The minimum atomic E-state index is -0.923. The summed E-state index contributed by atoms with van der Waals surface area (Å²) in [5, 5.41) is 18.5. The molecule has 0 saturated carbocycles. The van der Waals surface area contributed by atoms with E-state index in [1.165, 1.54) is 17.2 Å². The van der Waals surface area contributed by atoms with E-state index in [1.807, 2.05) is 44.3 Å². The van der Waals surface area contributed by atoms with Gasteiger partial charge in [0.05, 0.1) is 6.61 Å². The van der Waals surface area contributed by atoms with Crippen molar-refractivity contribution < 1.29 is 24.1 Å². The van der Waals surface area contributed by atoms with E-state index >= 15 is 0 Å². The molecular weight excluding hydrogens is 421 g/mol. The zero-order valence-electron chi connectivity index (χ0n) is 19.3. The first kappa shape index (κ1) is 23.2. The van der Waals surface area contributed by atoms with E-state index in [0.717, 1.165) is 35.1 Å². The van der Waals surface area contributed by atoms with Crippen molar-refractivity contribution in [2.75, 3.05) is 13.2 Å². The molecule has 6 heteroatoms. The topological polar surface area (TPSA) is 71.8 Å². The highest BCUT2D eigenvalue weighted by atomic mass is 19.1. The quantitative estimate of drug-likeness (QED) is 0.526. The highest BCUT2D eigenvalue weighted by Gasteiger charge is 2.19. The van der Waals surface area contributed by atoms with Crippen LogP contribution in [0.25, 0.3) is 11.1 Å². The molecule has 174 valence electrons. The Morgan fingerprint density at radius 1 is 1.06 bits per heavy atom. The van der Waals surface area contributed by atoms with Crippen molar-refractivity contribution in [2.24, 2.45) is 5.92 Å². The van der Waals surface area contributed by atoms with Gasteiger partial charge in [-0.25, -0.2) is 9.37 Å². The number of pyridine rings is 1. The number of rotatable bonds is 8. The van der Waals surface area contributed by atoms with Gasteiger partial charge in [-0.2, -0.15) is 0 Å². The number of aliphatic hydroxyl groups is 2. The predicted molar refractivity (Wildman–Crippen MR) is 125 cm³/mol. The van der Waals surface area contributed by atoms with Gasteiger partial charge in [0.1, 0.15) is 30.9 Å². The third-order valence-electron chi connectivity index (χ3n) is 6.06. The maximum atomic E-state index is 14.6. The molecule has 2 aromatic carbocycles. The van der Waals surface area contributed by atoms with E-state index in [4.69, 9.17) is 14.6 Å². The monoisotopic (exact) mass is 451 g/mol. The Morgan fingerprint density at radius 3 is 2.52 bits per heavy atom. The highest BCUT2D eigenvalue weighted by molar-refractivity contribution is 5.72. The van der Waals surface area contributed by atoms with Gasteiger partial charge in [-0.1, -0.05) is 13.0 Å². The normalized spacial score (nSPS) is 15.9. The number of nitrogens with zero attached hydrogens (tertiary/aromatic N) is 1. The molecule has 1 aliphatic carbocycles. The third-order valence-corrected chi connectivity index (χ3v) is 6.06. The number of benzene rings is 2. The van der Waals surface area contributed by atoms with Gasteiger partial charge in [0.2, 0.25) is 5.88 Å². The molecule has 0 fully saturated rings. The average Bonchev–Trinajstić information content (AvgIpc) is 3.16. The smallest absolute Gasteiger partial charge is 0.213 e.